The number of carbonyl (C=O) groups is 6. The van der Waals surface area contributed by atoms with Crippen LogP contribution < -0.4 is 30.9 Å². The normalized spacial score (nSPS) is 22.8. The molecule has 6 N–H and O–H groups in total. The van der Waals surface area contributed by atoms with Crippen LogP contribution >= 0.6 is 0 Å². The molecule has 3 aromatic rings. The minimum atomic E-state index is -1.15. The number of nitrogens with zero attached hydrogens (tertiary/aromatic N) is 3. The number of amides is 5. The number of carbonyl (C=O) groups excluding carboxylic acids is 6. The standard InChI is InChI=1S/C64H95N7O18/c1-42-14-13-17-53(79-9)49-38-55(87-63(78)68-49)44(3)60-64(5,89-60)56(39-59(75)70(8)52-35-46(34-42)36-54(80-10)43(52)2)88-62(77)45(4)69(7)58(74)19-22-81-24-26-83-28-30-85-32-33-86-31-29-84-27-25-82-23-20-66-61(76)50(41-72)67-57(73)18-21-71-48(40-65-6)37-47-15-11-12-16-51(47)71/h11-17,35-37,44-45,49-50,53,55-56,60,65,72H,18-34,38-41H2,1-10H3,(H,66,76)(H,67,73)(H,68,78)/p+1/b17-13+,42-14+/t44-,45+,49-,50+,53-,55+,56?,60?,64+/m1/s1. The first kappa shape index (κ1) is 71.6. The maximum Gasteiger partial charge on any atom is 0.407 e. The van der Waals surface area contributed by atoms with Crippen LogP contribution in [0.15, 0.2) is 66.3 Å². The van der Waals surface area contributed by atoms with Gasteiger partial charge >= 0.3 is 12.1 Å². The number of allylic oxidation sites excluding steroid dienone is 3. The number of rotatable bonds is 34. The number of aliphatic hydroxyl groups excluding tert-OH is 1. The fourth-order valence-corrected chi connectivity index (χ4v) is 10.9. The minimum absolute atomic E-state index is 0.0110. The Bertz CT molecular complexity index is 2850. The van der Waals surface area contributed by atoms with Gasteiger partial charge in [0, 0.05) is 69.5 Å². The third-order valence-corrected chi connectivity index (χ3v) is 16.3. The lowest BCUT2D eigenvalue weighted by Crippen LogP contribution is -2.78. The molecule has 89 heavy (non-hydrogen) atoms. The van der Waals surface area contributed by atoms with Crippen molar-refractivity contribution in [2.24, 2.45) is 5.92 Å². The van der Waals surface area contributed by atoms with E-state index in [-0.39, 0.29) is 75.9 Å². The molecule has 1 aromatic heterocycles. The molecule has 2 saturated heterocycles. The molecular formula is C64H96N7O18+. The van der Waals surface area contributed by atoms with Gasteiger partial charge in [-0.25, -0.2) is 9.59 Å². The highest BCUT2D eigenvalue weighted by Gasteiger charge is 2.64. The summed E-state index contributed by atoms with van der Waals surface area (Å²) in [4.78, 5) is 83.0. The molecule has 25 heteroatoms. The van der Waals surface area contributed by atoms with E-state index >= 15 is 0 Å². The second-order valence-electron chi connectivity index (χ2n) is 22.7. The van der Waals surface area contributed by atoms with E-state index in [1.54, 1.807) is 35.1 Å². The van der Waals surface area contributed by atoms with Gasteiger partial charge in [-0.15, -0.1) is 0 Å². The summed E-state index contributed by atoms with van der Waals surface area (Å²) in [6.07, 6.45) is 3.35. The molecular weight excluding hydrogens is 1150 g/mol. The summed E-state index contributed by atoms with van der Waals surface area (Å²) < 4.78 is 65.6. The van der Waals surface area contributed by atoms with Crippen molar-refractivity contribution in [3.63, 3.8) is 0 Å². The van der Waals surface area contributed by atoms with E-state index in [1.807, 2.05) is 82.4 Å². The summed E-state index contributed by atoms with van der Waals surface area (Å²) in [5, 5.41) is 21.2. The number of quaternary nitrogens is 1. The van der Waals surface area contributed by atoms with E-state index in [0.717, 1.165) is 39.8 Å². The second kappa shape index (κ2) is 36.4. The van der Waals surface area contributed by atoms with Crippen molar-refractivity contribution in [3.05, 3.63) is 83.1 Å². The SMILES string of the molecule is C[NH2+]Cc1cc2ccccc2n1CCC(=O)N[C@@H](CO)C(=O)NCCOCCOCCOCCOCCOCCOCCC(=O)N(C)[C@@H](C)C(=O)OC1CC(=O)N(C)c2cc(cc(OC)c2C)C/C(C)=C/C=C/[C@@H](OC)[C@H]2C[C@H](OC(=O)N2)[C@@H](C)C2O[C@@]12C. The summed E-state index contributed by atoms with van der Waals surface area (Å²) in [6, 6.07) is 11.5. The fraction of sp³-hybridized carbons (Fsp3) is 0.625. The van der Waals surface area contributed by atoms with Gasteiger partial charge < -0.3 is 92.8 Å². The number of aromatic nitrogens is 1. The third-order valence-electron chi connectivity index (χ3n) is 16.3. The van der Waals surface area contributed by atoms with Gasteiger partial charge in [-0.05, 0) is 63.9 Å². The average molecular weight is 1250 g/mol. The number of alkyl carbamates (subject to hydrolysis) is 1. The van der Waals surface area contributed by atoms with E-state index < -0.39 is 72.7 Å². The predicted octanol–water partition coefficient (Wildman–Crippen LogP) is 2.67. The summed E-state index contributed by atoms with van der Waals surface area (Å²) in [5.74, 6) is -2.02. The van der Waals surface area contributed by atoms with E-state index in [0.29, 0.717) is 83.7 Å². The van der Waals surface area contributed by atoms with Gasteiger partial charge in [0.25, 0.3) is 0 Å². The van der Waals surface area contributed by atoms with Crippen molar-refractivity contribution in [1.82, 2.24) is 25.4 Å². The van der Waals surface area contributed by atoms with Crippen molar-refractivity contribution < 1.29 is 91.3 Å². The van der Waals surface area contributed by atoms with Gasteiger partial charge in [0.1, 0.15) is 42.2 Å². The molecule has 0 radical (unpaired) electrons. The Kier molecular flexibility index (Phi) is 29.2. The topological polar surface area (TPSA) is 292 Å². The van der Waals surface area contributed by atoms with E-state index in [1.165, 1.54) is 16.8 Å². The van der Waals surface area contributed by atoms with E-state index in [2.05, 4.69) is 31.9 Å². The number of fused-ring (bicyclic) bond motifs is 6. The molecule has 25 nitrogen and oxygen atoms in total. The second-order valence-corrected chi connectivity index (χ2v) is 22.7. The number of benzene rings is 2. The Labute approximate surface area is 522 Å². The molecule has 3 aliphatic rings. The molecule has 2 aromatic carbocycles. The Balaban J connectivity index is 0.816. The van der Waals surface area contributed by atoms with Crippen molar-refractivity contribution in [1.29, 1.82) is 0 Å². The third kappa shape index (κ3) is 21.3. The number of epoxide rings is 1. The molecule has 2 fully saturated rings. The van der Waals surface area contributed by atoms with E-state index in [9.17, 15) is 33.9 Å². The van der Waals surface area contributed by atoms with Crippen LogP contribution in [0.2, 0.25) is 0 Å². The molecule has 494 valence electrons. The summed E-state index contributed by atoms with van der Waals surface area (Å²) >= 11 is 0. The molecule has 4 heterocycles. The first-order valence-electron chi connectivity index (χ1n) is 30.7. The number of nitrogens with one attached hydrogen (secondary N) is 3. The van der Waals surface area contributed by atoms with Gasteiger partial charge in [0.2, 0.25) is 23.6 Å². The number of hydrogen-bond acceptors (Lipinski definition) is 18. The molecule has 0 aliphatic carbocycles. The fourth-order valence-electron chi connectivity index (χ4n) is 10.9. The predicted molar refractivity (Wildman–Crippen MR) is 329 cm³/mol. The maximum absolute atomic E-state index is 14.4. The van der Waals surface area contributed by atoms with Crippen LogP contribution in [-0.2, 0) is 90.9 Å². The van der Waals surface area contributed by atoms with Crippen molar-refractivity contribution in [2.75, 3.05) is 133 Å². The minimum Gasteiger partial charge on any atom is -0.496 e. The van der Waals surface area contributed by atoms with Crippen LogP contribution in [-0.4, -0.2) is 226 Å². The number of nitrogens with two attached hydrogens (primary N) is 1. The monoisotopic (exact) mass is 1250 g/mol. The maximum atomic E-state index is 14.4. The molecule has 9 atom stereocenters. The zero-order chi connectivity index (χ0) is 64.5. The molecule has 6 rings (SSSR count). The number of aryl methyl sites for hydroxylation is 1. The highest BCUT2D eigenvalue weighted by atomic mass is 16.7. The number of ether oxygens (including phenoxy) is 11. The smallest absolute Gasteiger partial charge is 0.407 e. The van der Waals surface area contributed by atoms with Crippen molar-refractivity contribution in [3.8, 4) is 5.75 Å². The molecule has 5 amide bonds. The Morgan fingerprint density at radius 1 is 0.899 bits per heavy atom. The Morgan fingerprint density at radius 2 is 1.54 bits per heavy atom. The van der Waals surface area contributed by atoms with Gasteiger partial charge in [-0.2, -0.15) is 0 Å². The number of anilines is 1. The number of methoxy groups -OCH3 is 2. The average Bonchev–Trinajstić information content (AvgIpc) is 1.69. The van der Waals surface area contributed by atoms with Gasteiger partial charge in [0.15, 0.2) is 0 Å². The van der Waals surface area contributed by atoms with Crippen LogP contribution in [0, 0.1) is 12.8 Å². The number of esters is 1. The zero-order valence-corrected chi connectivity index (χ0v) is 53.5. The van der Waals surface area contributed by atoms with Crippen LogP contribution in [0.25, 0.3) is 10.9 Å². The lowest BCUT2D eigenvalue weighted by Gasteiger charge is -2.36. The summed E-state index contributed by atoms with van der Waals surface area (Å²) in [6.45, 7) is 13.6. The van der Waals surface area contributed by atoms with Crippen LogP contribution in [0.3, 0.4) is 0 Å². The van der Waals surface area contributed by atoms with Crippen molar-refractivity contribution in [2.45, 2.75) is 128 Å². The summed E-state index contributed by atoms with van der Waals surface area (Å²) in [7, 11) is 8.34. The van der Waals surface area contributed by atoms with Crippen molar-refractivity contribution >= 4 is 52.3 Å². The number of para-hydroxylation sites is 1. The molecule has 4 bridgehead atoms. The first-order chi connectivity index (χ1) is 42.8. The Morgan fingerprint density at radius 3 is 2.17 bits per heavy atom. The van der Waals surface area contributed by atoms with Gasteiger partial charge in [-0.3, -0.25) is 19.2 Å². The quantitative estimate of drug-likeness (QED) is 0.0326. The molecule has 0 spiro atoms. The lowest BCUT2D eigenvalue weighted by atomic mass is 9.84. The highest BCUT2D eigenvalue weighted by molar-refractivity contribution is 5.95. The number of likely N-dealkylation sites (N-methyl/N-ethyl adjacent to an activating group) is 1. The zero-order valence-electron chi connectivity index (χ0n) is 53.5. The van der Waals surface area contributed by atoms with E-state index in [4.69, 9.17) is 52.1 Å². The summed E-state index contributed by atoms with van der Waals surface area (Å²) in [5.41, 5.74) is 4.31. The van der Waals surface area contributed by atoms with Crippen LogP contribution in [0.5, 0.6) is 5.75 Å². The largest absolute Gasteiger partial charge is 0.496 e. The lowest BCUT2D eigenvalue weighted by molar-refractivity contribution is -0.644. The first-order valence-corrected chi connectivity index (χ1v) is 30.7. The van der Waals surface area contributed by atoms with Gasteiger partial charge in [-0.1, -0.05) is 48.9 Å². The number of hydrogen-bond donors (Lipinski definition) is 5. The molecule has 0 saturated carbocycles. The van der Waals surface area contributed by atoms with Crippen LogP contribution in [0.1, 0.15) is 70.2 Å². The highest BCUT2D eigenvalue weighted by Crippen LogP contribution is 2.49. The van der Waals surface area contributed by atoms with Crippen LogP contribution in [0.4, 0.5) is 10.5 Å². The van der Waals surface area contributed by atoms with Gasteiger partial charge in [0.05, 0.1) is 143 Å². The Hall–Kier alpha value is -6.52. The number of aliphatic hydroxyl groups is 1. The molecule has 3 aliphatic heterocycles. The molecule has 2 unspecified atom stereocenters.